The number of fused-ring (bicyclic) bond motifs is 1. The van der Waals surface area contributed by atoms with Crippen LogP contribution in [0.2, 0.25) is 5.15 Å². The van der Waals surface area contributed by atoms with E-state index in [1.54, 1.807) is 6.07 Å². The van der Waals surface area contributed by atoms with Crippen LogP contribution in [0, 0.1) is 0 Å². The van der Waals surface area contributed by atoms with Crippen molar-refractivity contribution >= 4 is 23.2 Å². The molecule has 2 N–H and O–H groups in total. The van der Waals surface area contributed by atoms with Crippen LogP contribution in [-0.2, 0) is 4.74 Å². The third kappa shape index (κ3) is 2.28. The number of anilines is 1. The van der Waals surface area contributed by atoms with E-state index in [9.17, 15) is 4.79 Å². The Hall–Kier alpha value is -1.33. The van der Waals surface area contributed by atoms with Crippen molar-refractivity contribution in [2.24, 2.45) is 0 Å². The van der Waals surface area contributed by atoms with Crippen LogP contribution in [0.5, 0.6) is 0 Å². The summed E-state index contributed by atoms with van der Waals surface area (Å²) in [5.41, 5.74) is 6.52. The fraction of sp³-hybridized carbons (Fsp3) is 0.538. The van der Waals surface area contributed by atoms with Crippen molar-refractivity contribution in [3.05, 3.63) is 23.0 Å². The first-order chi connectivity index (χ1) is 9.16. The molecule has 1 aromatic rings. The summed E-state index contributed by atoms with van der Waals surface area (Å²) in [6, 6.07) is 1.76. The topological polar surface area (TPSA) is 68.5 Å². The lowest BCUT2D eigenvalue weighted by Crippen LogP contribution is -2.51. The SMILES string of the molecule is Nc1cnc(Cl)c(C(=O)N2CCOC3CCCC32)c1. The third-order valence-corrected chi connectivity index (χ3v) is 4.13. The van der Waals surface area contributed by atoms with Gasteiger partial charge in [-0.3, -0.25) is 4.79 Å². The Balaban J connectivity index is 1.88. The maximum atomic E-state index is 12.6. The van der Waals surface area contributed by atoms with E-state index in [1.165, 1.54) is 6.20 Å². The van der Waals surface area contributed by atoms with Crippen LogP contribution in [0.1, 0.15) is 29.6 Å². The predicted molar refractivity (Wildman–Crippen MR) is 72.1 cm³/mol. The molecule has 1 aliphatic heterocycles. The van der Waals surface area contributed by atoms with Crippen molar-refractivity contribution in [2.45, 2.75) is 31.4 Å². The molecule has 1 amide bonds. The number of carbonyl (C=O) groups excluding carboxylic acids is 1. The lowest BCUT2D eigenvalue weighted by molar-refractivity contribution is -0.0445. The molecule has 1 aromatic heterocycles. The molecule has 6 heteroatoms. The Morgan fingerprint density at radius 2 is 2.37 bits per heavy atom. The largest absolute Gasteiger partial charge is 0.397 e. The normalized spacial score (nSPS) is 26.3. The molecule has 1 saturated carbocycles. The van der Waals surface area contributed by atoms with Gasteiger partial charge in [-0.05, 0) is 25.3 Å². The van der Waals surface area contributed by atoms with E-state index in [0.29, 0.717) is 24.4 Å². The van der Waals surface area contributed by atoms with Crippen LogP contribution in [-0.4, -0.2) is 41.1 Å². The van der Waals surface area contributed by atoms with Gasteiger partial charge in [0.25, 0.3) is 5.91 Å². The van der Waals surface area contributed by atoms with E-state index < -0.39 is 0 Å². The number of hydrogen-bond acceptors (Lipinski definition) is 4. The molecule has 1 saturated heterocycles. The fourth-order valence-corrected chi connectivity index (χ4v) is 3.13. The highest BCUT2D eigenvalue weighted by atomic mass is 35.5. The van der Waals surface area contributed by atoms with Crippen LogP contribution >= 0.6 is 11.6 Å². The average molecular weight is 282 g/mol. The zero-order valence-corrected chi connectivity index (χ0v) is 11.3. The Morgan fingerprint density at radius 3 is 3.21 bits per heavy atom. The van der Waals surface area contributed by atoms with Gasteiger partial charge in [0.2, 0.25) is 0 Å². The van der Waals surface area contributed by atoms with Gasteiger partial charge in [-0.15, -0.1) is 0 Å². The minimum atomic E-state index is -0.0926. The molecule has 0 radical (unpaired) electrons. The van der Waals surface area contributed by atoms with E-state index in [1.807, 2.05) is 4.90 Å². The van der Waals surface area contributed by atoms with E-state index in [2.05, 4.69) is 4.98 Å². The van der Waals surface area contributed by atoms with Crippen molar-refractivity contribution < 1.29 is 9.53 Å². The summed E-state index contributed by atoms with van der Waals surface area (Å²) in [7, 11) is 0. The smallest absolute Gasteiger partial charge is 0.257 e. The highest BCUT2D eigenvalue weighted by Crippen LogP contribution is 2.31. The van der Waals surface area contributed by atoms with Crippen LogP contribution in [0.25, 0.3) is 0 Å². The number of ether oxygens (including phenoxy) is 1. The fourth-order valence-electron chi connectivity index (χ4n) is 2.95. The molecule has 2 heterocycles. The van der Waals surface area contributed by atoms with E-state index in [-0.39, 0.29) is 23.2 Å². The Bertz CT molecular complexity index is 509. The number of amides is 1. The molecule has 19 heavy (non-hydrogen) atoms. The number of nitrogen functional groups attached to an aromatic ring is 1. The summed E-state index contributed by atoms with van der Waals surface area (Å²) in [6.07, 6.45) is 4.74. The Kier molecular flexibility index (Phi) is 3.33. The van der Waals surface area contributed by atoms with Gasteiger partial charge in [-0.25, -0.2) is 4.98 Å². The first-order valence-electron chi connectivity index (χ1n) is 6.50. The van der Waals surface area contributed by atoms with E-state index >= 15 is 0 Å². The van der Waals surface area contributed by atoms with Crippen molar-refractivity contribution in [3.8, 4) is 0 Å². The number of rotatable bonds is 1. The summed E-state index contributed by atoms with van der Waals surface area (Å²) in [5, 5.41) is 0.209. The molecule has 2 fully saturated rings. The van der Waals surface area contributed by atoms with Crippen molar-refractivity contribution in [2.75, 3.05) is 18.9 Å². The molecular weight excluding hydrogens is 266 g/mol. The number of pyridine rings is 1. The van der Waals surface area contributed by atoms with Crippen molar-refractivity contribution in [3.63, 3.8) is 0 Å². The van der Waals surface area contributed by atoms with Gasteiger partial charge in [-0.2, -0.15) is 0 Å². The summed E-state index contributed by atoms with van der Waals surface area (Å²) >= 11 is 6.01. The monoisotopic (exact) mass is 281 g/mol. The molecule has 1 aliphatic carbocycles. The second-order valence-corrected chi connectivity index (χ2v) is 5.37. The number of nitrogens with two attached hydrogens (primary N) is 1. The molecule has 5 nitrogen and oxygen atoms in total. The summed E-state index contributed by atoms with van der Waals surface area (Å²) < 4.78 is 5.70. The average Bonchev–Trinajstić information content (AvgIpc) is 2.89. The van der Waals surface area contributed by atoms with Crippen LogP contribution in [0.4, 0.5) is 5.69 Å². The van der Waals surface area contributed by atoms with Gasteiger partial charge >= 0.3 is 0 Å². The molecule has 102 valence electrons. The maximum Gasteiger partial charge on any atom is 0.257 e. The van der Waals surface area contributed by atoms with E-state index in [4.69, 9.17) is 22.1 Å². The highest BCUT2D eigenvalue weighted by Gasteiger charge is 2.39. The number of hydrogen-bond donors (Lipinski definition) is 1. The molecule has 0 bridgehead atoms. The lowest BCUT2D eigenvalue weighted by Gasteiger charge is -2.37. The van der Waals surface area contributed by atoms with Gasteiger partial charge in [-0.1, -0.05) is 11.6 Å². The Labute approximate surface area is 116 Å². The van der Waals surface area contributed by atoms with Crippen LogP contribution in [0.3, 0.4) is 0 Å². The van der Waals surface area contributed by atoms with Gasteiger partial charge in [0, 0.05) is 6.54 Å². The molecule has 2 atom stereocenters. The second kappa shape index (κ2) is 4.98. The number of halogens is 1. The summed E-state index contributed by atoms with van der Waals surface area (Å²) in [5.74, 6) is -0.0926. The first-order valence-corrected chi connectivity index (χ1v) is 6.88. The van der Waals surface area contributed by atoms with Gasteiger partial charge in [0.15, 0.2) is 0 Å². The number of carbonyl (C=O) groups is 1. The first kappa shape index (κ1) is 12.7. The minimum absolute atomic E-state index is 0.0926. The second-order valence-electron chi connectivity index (χ2n) is 5.01. The summed E-state index contributed by atoms with van der Waals surface area (Å²) in [4.78, 5) is 18.4. The quantitative estimate of drug-likeness (QED) is 0.796. The van der Waals surface area contributed by atoms with Crippen LogP contribution < -0.4 is 5.73 Å². The zero-order chi connectivity index (χ0) is 13.4. The van der Waals surface area contributed by atoms with Gasteiger partial charge < -0.3 is 15.4 Å². The predicted octanol–water partition coefficient (Wildman–Crippen LogP) is 1.71. The zero-order valence-electron chi connectivity index (χ0n) is 10.5. The standard InChI is InChI=1S/C13H16ClN3O2/c14-12-9(6-8(15)7-16-12)13(18)17-4-5-19-11-3-1-2-10(11)17/h6-7,10-11H,1-5,15H2. The summed E-state index contributed by atoms with van der Waals surface area (Å²) in [6.45, 7) is 1.19. The molecular formula is C13H16ClN3O2. The highest BCUT2D eigenvalue weighted by molar-refractivity contribution is 6.32. The third-order valence-electron chi connectivity index (χ3n) is 3.83. The molecule has 2 unspecified atom stereocenters. The Morgan fingerprint density at radius 1 is 1.53 bits per heavy atom. The molecule has 3 rings (SSSR count). The molecule has 2 aliphatic rings. The molecule has 0 aromatic carbocycles. The lowest BCUT2D eigenvalue weighted by atomic mass is 10.1. The van der Waals surface area contributed by atoms with Crippen LogP contribution in [0.15, 0.2) is 12.3 Å². The number of nitrogens with zero attached hydrogens (tertiary/aromatic N) is 2. The van der Waals surface area contributed by atoms with Gasteiger partial charge in [0.1, 0.15) is 5.15 Å². The van der Waals surface area contributed by atoms with Gasteiger partial charge in [0.05, 0.1) is 36.2 Å². The number of aromatic nitrogens is 1. The van der Waals surface area contributed by atoms with E-state index in [0.717, 1.165) is 19.3 Å². The maximum absolute atomic E-state index is 12.6. The van der Waals surface area contributed by atoms with Crippen molar-refractivity contribution in [1.29, 1.82) is 0 Å². The number of morpholine rings is 1. The molecule has 0 spiro atoms. The van der Waals surface area contributed by atoms with Crippen molar-refractivity contribution in [1.82, 2.24) is 9.88 Å². The minimum Gasteiger partial charge on any atom is -0.397 e.